The molecule has 27 heavy (non-hydrogen) atoms. The molecule has 5 heteroatoms. The lowest BCUT2D eigenvalue weighted by atomic mass is 10.1. The predicted molar refractivity (Wildman–Crippen MR) is 106 cm³/mol. The molecule has 142 valence electrons. The first-order chi connectivity index (χ1) is 12.8. The van der Waals surface area contributed by atoms with E-state index in [9.17, 15) is 9.59 Å². The summed E-state index contributed by atoms with van der Waals surface area (Å²) in [5, 5.41) is 3.00. The first-order valence-corrected chi connectivity index (χ1v) is 9.29. The monoisotopic (exact) mass is 366 g/mol. The highest BCUT2D eigenvalue weighted by atomic mass is 16.5. The van der Waals surface area contributed by atoms with E-state index in [4.69, 9.17) is 4.74 Å². The van der Waals surface area contributed by atoms with E-state index in [1.165, 1.54) is 0 Å². The summed E-state index contributed by atoms with van der Waals surface area (Å²) in [4.78, 5) is 26.4. The van der Waals surface area contributed by atoms with Gasteiger partial charge in [0.15, 0.2) is 6.61 Å². The molecule has 1 N–H and O–H groups in total. The van der Waals surface area contributed by atoms with Crippen molar-refractivity contribution in [1.29, 1.82) is 0 Å². The molecule has 2 amide bonds. The van der Waals surface area contributed by atoms with Crippen molar-refractivity contribution in [2.24, 2.45) is 5.92 Å². The number of carbonyl (C=O) groups excluding carboxylic acids is 2. The minimum atomic E-state index is -0.0778. The molecule has 0 saturated carbocycles. The van der Waals surface area contributed by atoms with Crippen LogP contribution >= 0.6 is 0 Å². The van der Waals surface area contributed by atoms with Gasteiger partial charge in [0, 0.05) is 11.6 Å². The van der Waals surface area contributed by atoms with Crippen LogP contribution in [0.25, 0.3) is 0 Å². The highest BCUT2D eigenvalue weighted by Gasteiger charge is 2.25. The summed E-state index contributed by atoms with van der Waals surface area (Å²) in [5.74, 6) is 0.961. The van der Waals surface area contributed by atoms with Gasteiger partial charge in [-0.25, -0.2) is 0 Å². The van der Waals surface area contributed by atoms with Crippen LogP contribution in [0.2, 0.25) is 0 Å². The minimum Gasteiger partial charge on any atom is -0.482 e. The standard InChI is InChI=1S/C22H26N2O3/c1-14(2)16(4)23-22(26)18-8-6-17(7-9-18)12-24-19-10-5-15(3)11-20(19)27-13-21(24)25/h5-11,14,16H,12-13H2,1-4H3,(H,23,26)/t16-/m0/s1. The van der Waals surface area contributed by atoms with Crippen LogP contribution in [0.15, 0.2) is 42.5 Å². The Morgan fingerprint density at radius 3 is 2.52 bits per heavy atom. The number of nitrogens with one attached hydrogen (secondary N) is 1. The maximum Gasteiger partial charge on any atom is 0.265 e. The van der Waals surface area contributed by atoms with Gasteiger partial charge in [-0.05, 0) is 55.2 Å². The first kappa shape index (κ1) is 19.0. The van der Waals surface area contributed by atoms with E-state index in [0.717, 1.165) is 22.6 Å². The largest absolute Gasteiger partial charge is 0.482 e. The zero-order valence-electron chi connectivity index (χ0n) is 16.3. The van der Waals surface area contributed by atoms with Gasteiger partial charge in [-0.3, -0.25) is 9.59 Å². The number of hydrogen-bond acceptors (Lipinski definition) is 3. The second kappa shape index (κ2) is 7.82. The normalized spacial score (nSPS) is 14.6. The van der Waals surface area contributed by atoms with Crippen LogP contribution in [0, 0.1) is 12.8 Å². The second-order valence-electron chi connectivity index (χ2n) is 7.44. The minimum absolute atomic E-state index is 0.0457. The van der Waals surface area contributed by atoms with Crippen LogP contribution < -0.4 is 15.0 Å². The van der Waals surface area contributed by atoms with Crippen molar-refractivity contribution >= 4 is 17.5 Å². The lowest BCUT2D eigenvalue weighted by molar-refractivity contribution is -0.121. The number of anilines is 1. The molecule has 2 aromatic carbocycles. The molecule has 1 aliphatic rings. The Hall–Kier alpha value is -2.82. The van der Waals surface area contributed by atoms with Gasteiger partial charge in [-0.15, -0.1) is 0 Å². The molecular formula is C22H26N2O3. The number of amides is 2. The van der Waals surface area contributed by atoms with Gasteiger partial charge >= 0.3 is 0 Å². The van der Waals surface area contributed by atoms with Gasteiger partial charge < -0.3 is 15.0 Å². The highest BCUT2D eigenvalue weighted by Crippen LogP contribution is 2.33. The maximum atomic E-state index is 12.3. The molecule has 1 heterocycles. The Balaban J connectivity index is 1.73. The number of rotatable bonds is 5. The molecule has 3 rings (SSSR count). The van der Waals surface area contributed by atoms with E-state index in [2.05, 4.69) is 19.2 Å². The molecule has 0 saturated heterocycles. The fourth-order valence-corrected chi connectivity index (χ4v) is 2.89. The van der Waals surface area contributed by atoms with Crippen molar-refractivity contribution in [3.8, 4) is 5.75 Å². The van der Waals surface area contributed by atoms with Gasteiger partial charge in [0.2, 0.25) is 0 Å². The van der Waals surface area contributed by atoms with E-state index in [0.29, 0.717) is 18.0 Å². The summed E-state index contributed by atoms with van der Waals surface area (Å²) in [7, 11) is 0. The van der Waals surface area contributed by atoms with Crippen molar-refractivity contribution < 1.29 is 14.3 Å². The Labute approximate surface area is 160 Å². The lowest BCUT2D eigenvalue weighted by Crippen LogP contribution is -2.38. The summed E-state index contributed by atoms with van der Waals surface area (Å²) in [6, 6.07) is 13.3. The van der Waals surface area contributed by atoms with E-state index in [1.807, 2.05) is 44.2 Å². The topological polar surface area (TPSA) is 58.6 Å². The fraction of sp³-hybridized carbons (Fsp3) is 0.364. The number of ether oxygens (including phenoxy) is 1. The first-order valence-electron chi connectivity index (χ1n) is 9.29. The molecule has 1 atom stereocenters. The smallest absolute Gasteiger partial charge is 0.265 e. The zero-order chi connectivity index (χ0) is 19.6. The van der Waals surface area contributed by atoms with E-state index in [-0.39, 0.29) is 24.5 Å². The quantitative estimate of drug-likeness (QED) is 0.878. The van der Waals surface area contributed by atoms with E-state index >= 15 is 0 Å². The number of fused-ring (bicyclic) bond motifs is 1. The SMILES string of the molecule is Cc1ccc2c(c1)OCC(=O)N2Cc1ccc(C(=O)N[C@@H](C)C(C)C)cc1. The lowest BCUT2D eigenvalue weighted by Gasteiger charge is -2.29. The Kier molecular flexibility index (Phi) is 5.49. The molecule has 0 unspecified atom stereocenters. The van der Waals surface area contributed by atoms with Crippen LogP contribution in [0.1, 0.15) is 42.3 Å². The number of nitrogens with zero attached hydrogens (tertiary/aromatic N) is 1. The number of hydrogen-bond donors (Lipinski definition) is 1. The molecule has 0 aliphatic carbocycles. The molecular weight excluding hydrogens is 340 g/mol. The Bertz CT molecular complexity index is 843. The molecule has 0 aromatic heterocycles. The molecule has 0 fully saturated rings. The van der Waals surface area contributed by atoms with Crippen molar-refractivity contribution in [2.75, 3.05) is 11.5 Å². The van der Waals surface area contributed by atoms with Crippen molar-refractivity contribution in [3.63, 3.8) is 0 Å². The summed E-state index contributed by atoms with van der Waals surface area (Å²) >= 11 is 0. The van der Waals surface area contributed by atoms with Crippen molar-refractivity contribution in [3.05, 3.63) is 59.2 Å². The number of aryl methyl sites for hydroxylation is 1. The van der Waals surface area contributed by atoms with Gasteiger partial charge in [0.25, 0.3) is 11.8 Å². The Morgan fingerprint density at radius 2 is 1.85 bits per heavy atom. The number of benzene rings is 2. The van der Waals surface area contributed by atoms with E-state index in [1.54, 1.807) is 17.0 Å². The predicted octanol–water partition coefficient (Wildman–Crippen LogP) is 3.69. The maximum absolute atomic E-state index is 12.3. The van der Waals surface area contributed by atoms with Crippen molar-refractivity contribution in [1.82, 2.24) is 5.32 Å². The third kappa shape index (κ3) is 4.30. The third-order valence-corrected chi connectivity index (χ3v) is 4.97. The molecule has 5 nitrogen and oxygen atoms in total. The Morgan fingerprint density at radius 1 is 1.15 bits per heavy atom. The van der Waals surface area contributed by atoms with Gasteiger partial charge in [-0.2, -0.15) is 0 Å². The average molecular weight is 366 g/mol. The molecule has 0 bridgehead atoms. The van der Waals surface area contributed by atoms with Crippen LogP contribution in [-0.2, 0) is 11.3 Å². The van der Waals surface area contributed by atoms with Crippen LogP contribution in [0.5, 0.6) is 5.75 Å². The van der Waals surface area contributed by atoms with Crippen LogP contribution in [0.3, 0.4) is 0 Å². The van der Waals surface area contributed by atoms with Crippen LogP contribution in [-0.4, -0.2) is 24.5 Å². The van der Waals surface area contributed by atoms with Gasteiger partial charge in [0.1, 0.15) is 5.75 Å². The zero-order valence-corrected chi connectivity index (χ0v) is 16.3. The third-order valence-electron chi connectivity index (χ3n) is 4.97. The van der Waals surface area contributed by atoms with Crippen molar-refractivity contribution in [2.45, 2.75) is 40.3 Å². The molecule has 1 aliphatic heterocycles. The molecule has 2 aromatic rings. The van der Waals surface area contributed by atoms with Gasteiger partial charge in [-0.1, -0.05) is 32.0 Å². The summed E-state index contributed by atoms with van der Waals surface area (Å²) in [6.07, 6.45) is 0. The summed E-state index contributed by atoms with van der Waals surface area (Å²) in [5.41, 5.74) is 3.46. The molecule has 0 radical (unpaired) electrons. The summed E-state index contributed by atoms with van der Waals surface area (Å²) in [6.45, 7) is 8.64. The number of carbonyl (C=O) groups is 2. The average Bonchev–Trinajstić information content (AvgIpc) is 2.64. The highest BCUT2D eigenvalue weighted by molar-refractivity contribution is 5.98. The second-order valence-corrected chi connectivity index (χ2v) is 7.44. The summed E-state index contributed by atoms with van der Waals surface area (Å²) < 4.78 is 5.55. The fourth-order valence-electron chi connectivity index (χ4n) is 2.89. The van der Waals surface area contributed by atoms with Gasteiger partial charge in [0.05, 0.1) is 12.2 Å². The van der Waals surface area contributed by atoms with E-state index < -0.39 is 0 Å². The van der Waals surface area contributed by atoms with Crippen LogP contribution in [0.4, 0.5) is 5.69 Å². The molecule has 0 spiro atoms.